The van der Waals surface area contributed by atoms with Gasteiger partial charge >= 0.3 is 0 Å². The zero-order chi connectivity index (χ0) is 21.0. The van der Waals surface area contributed by atoms with E-state index in [1.54, 1.807) is 36.7 Å². The fourth-order valence-corrected chi connectivity index (χ4v) is 6.12. The molecule has 2 N–H and O–H groups in total. The minimum absolute atomic E-state index is 0.00448. The van der Waals surface area contributed by atoms with Crippen LogP contribution in [0.2, 0.25) is 5.02 Å². The fourth-order valence-electron chi connectivity index (χ4n) is 3.96. The molecule has 158 valence electrons. The molecule has 0 aliphatic carbocycles. The second-order valence-electron chi connectivity index (χ2n) is 7.48. The molecule has 3 unspecified atom stereocenters. The molecule has 8 heteroatoms. The van der Waals surface area contributed by atoms with Crippen LogP contribution in [-0.4, -0.2) is 37.0 Å². The first kappa shape index (κ1) is 20.9. The maximum absolute atomic E-state index is 13.7. The molecule has 4 rings (SSSR count). The summed E-state index contributed by atoms with van der Waals surface area (Å²) in [5, 5.41) is 9.90. The number of hydrogen-bond acceptors (Lipinski definition) is 5. The maximum atomic E-state index is 13.7. The Kier molecular flexibility index (Phi) is 6.41. The Bertz CT molecular complexity index is 1040. The third-order valence-electron chi connectivity index (χ3n) is 5.53. The van der Waals surface area contributed by atoms with E-state index in [4.69, 9.17) is 16.3 Å². The second-order valence-corrected chi connectivity index (χ2v) is 10.1. The SMILES string of the molecule is O=S(=O)(c1ccc(Cl)cc1)C(CC(Oc1cn[nH]c1)c1ccccc1)C1CCNC1. The molecular weight excluding hydrogens is 422 g/mol. The van der Waals surface area contributed by atoms with Gasteiger partial charge in [-0.25, -0.2) is 8.42 Å². The van der Waals surface area contributed by atoms with E-state index in [0.717, 1.165) is 18.5 Å². The number of hydrogen-bond donors (Lipinski definition) is 2. The van der Waals surface area contributed by atoms with Crippen molar-refractivity contribution in [3.63, 3.8) is 0 Å². The van der Waals surface area contributed by atoms with Gasteiger partial charge in [-0.1, -0.05) is 41.9 Å². The van der Waals surface area contributed by atoms with Crippen molar-refractivity contribution in [2.45, 2.75) is 29.1 Å². The van der Waals surface area contributed by atoms with Crippen LogP contribution in [0.5, 0.6) is 5.75 Å². The second kappa shape index (κ2) is 9.20. The smallest absolute Gasteiger partial charge is 0.181 e. The van der Waals surface area contributed by atoms with Crippen molar-refractivity contribution in [2.75, 3.05) is 13.1 Å². The van der Waals surface area contributed by atoms with Gasteiger partial charge in [0.1, 0.15) is 6.10 Å². The van der Waals surface area contributed by atoms with Crippen molar-refractivity contribution in [1.29, 1.82) is 0 Å². The van der Waals surface area contributed by atoms with Gasteiger partial charge in [0.25, 0.3) is 0 Å². The van der Waals surface area contributed by atoms with E-state index in [-0.39, 0.29) is 5.92 Å². The third-order valence-corrected chi connectivity index (χ3v) is 8.09. The van der Waals surface area contributed by atoms with Crippen LogP contribution < -0.4 is 10.1 Å². The number of sulfone groups is 1. The van der Waals surface area contributed by atoms with E-state index in [1.165, 1.54) is 0 Å². The van der Waals surface area contributed by atoms with Gasteiger partial charge in [0, 0.05) is 11.4 Å². The molecule has 1 aromatic heterocycles. The highest BCUT2D eigenvalue weighted by Crippen LogP contribution is 2.35. The largest absolute Gasteiger partial charge is 0.482 e. The zero-order valence-electron chi connectivity index (χ0n) is 16.4. The van der Waals surface area contributed by atoms with Crippen LogP contribution in [0.25, 0.3) is 0 Å². The first-order chi connectivity index (χ1) is 14.5. The third kappa shape index (κ3) is 4.69. The highest BCUT2D eigenvalue weighted by Gasteiger charge is 2.38. The standard InChI is InChI=1S/C22H24ClN3O3S/c23-18-6-8-20(9-7-18)30(27,28)22(17-10-11-24-13-17)12-21(16-4-2-1-3-5-16)29-19-14-25-26-15-19/h1-9,14-15,17,21-22,24H,10-13H2,(H,25,26). The van der Waals surface area contributed by atoms with Crippen LogP contribution in [0.3, 0.4) is 0 Å². The van der Waals surface area contributed by atoms with E-state index >= 15 is 0 Å². The van der Waals surface area contributed by atoms with E-state index in [1.807, 2.05) is 30.3 Å². The molecule has 1 aliphatic rings. The molecule has 0 bridgehead atoms. The predicted octanol–water partition coefficient (Wildman–Crippen LogP) is 4.03. The molecule has 0 amide bonds. The molecule has 1 saturated heterocycles. The minimum Gasteiger partial charge on any atom is -0.482 e. The van der Waals surface area contributed by atoms with Crippen LogP contribution in [0.15, 0.2) is 71.9 Å². The van der Waals surface area contributed by atoms with Crippen LogP contribution >= 0.6 is 11.6 Å². The number of rotatable bonds is 8. The number of halogens is 1. The Balaban J connectivity index is 1.69. The highest BCUT2D eigenvalue weighted by atomic mass is 35.5. The number of nitrogens with zero attached hydrogens (tertiary/aromatic N) is 1. The topological polar surface area (TPSA) is 84.1 Å². The fraction of sp³-hybridized carbons (Fsp3) is 0.318. The lowest BCUT2D eigenvalue weighted by atomic mass is 9.96. The van der Waals surface area contributed by atoms with Crippen molar-refractivity contribution in [1.82, 2.24) is 15.5 Å². The number of aromatic nitrogens is 2. The summed E-state index contributed by atoms with van der Waals surface area (Å²) in [4.78, 5) is 0.291. The summed E-state index contributed by atoms with van der Waals surface area (Å²) < 4.78 is 33.5. The highest BCUT2D eigenvalue weighted by molar-refractivity contribution is 7.92. The Morgan fingerprint density at radius 1 is 1.13 bits per heavy atom. The Morgan fingerprint density at radius 3 is 2.53 bits per heavy atom. The quantitative estimate of drug-likeness (QED) is 0.547. The van der Waals surface area contributed by atoms with Crippen molar-refractivity contribution < 1.29 is 13.2 Å². The molecule has 6 nitrogen and oxygen atoms in total. The summed E-state index contributed by atoms with van der Waals surface area (Å²) >= 11 is 5.98. The molecular formula is C22H24ClN3O3S. The van der Waals surface area contributed by atoms with Crippen molar-refractivity contribution >= 4 is 21.4 Å². The van der Waals surface area contributed by atoms with Crippen molar-refractivity contribution in [2.24, 2.45) is 5.92 Å². The van der Waals surface area contributed by atoms with Crippen molar-refractivity contribution in [3.05, 3.63) is 77.6 Å². The summed E-state index contributed by atoms with van der Waals surface area (Å²) in [7, 11) is -3.59. The van der Waals surface area contributed by atoms with E-state index < -0.39 is 21.2 Å². The lowest BCUT2D eigenvalue weighted by Gasteiger charge is -2.28. The average molecular weight is 446 g/mol. The Labute approximate surface area is 181 Å². The number of H-pyrrole nitrogens is 1. The van der Waals surface area contributed by atoms with Crippen LogP contribution in [0.1, 0.15) is 24.5 Å². The molecule has 3 atom stereocenters. The first-order valence-corrected chi connectivity index (χ1v) is 11.9. The van der Waals surface area contributed by atoms with E-state index in [0.29, 0.717) is 28.6 Å². The Morgan fingerprint density at radius 2 is 1.90 bits per heavy atom. The summed E-state index contributed by atoms with van der Waals surface area (Å²) in [6, 6.07) is 16.1. The van der Waals surface area contributed by atoms with Gasteiger partial charge in [-0.3, -0.25) is 5.10 Å². The van der Waals surface area contributed by atoms with E-state index in [2.05, 4.69) is 15.5 Å². The molecule has 0 radical (unpaired) electrons. The van der Waals surface area contributed by atoms with E-state index in [9.17, 15) is 8.42 Å². The summed E-state index contributed by atoms with van der Waals surface area (Å²) in [6.07, 6.45) is 3.99. The Hall–Kier alpha value is -2.35. The molecule has 1 fully saturated rings. The van der Waals surface area contributed by atoms with Gasteiger partial charge in [0.15, 0.2) is 15.6 Å². The molecule has 30 heavy (non-hydrogen) atoms. The molecule has 2 heterocycles. The zero-order valence-corrected chi connectivity index (χ0v) is 17.9. The monoisotopic (exact) mass is 445 g/mol. The molecule has 0 spiro atoms. The molecule has 0 saturated carbocycles. The average Bonchev–Trinajstić information content (AvgIpc) is 3.46. The van der Waals surface area contributed by atoms with Crippen molar-refractivity contribution in [3.8, 4) is 5.75 Å². The predicted molar refractivity (Wildman–Crippen MR) is 116 cm³/mol. The summed E-state index contributed by atoms with van der Waals surface area (Å²) in [6.45, 7) is 1.49. The lowest BCUT2D eigenvalue weighted by molar-refractivity contribution is 0.185. The number of benzene rings is 2. The summed E-state index contributed by atoms with van der Waals surface area (Å²) in [5.41, 5.74) is 0.931. The number of nitrogens with one attached hydrogen (secondary N) is 2. The van der Waals surface area contributed by atoms with Crippen LogP contribution in [-0.2, 0) is 9.84 Å². The van der Waals surface area contributed by atoms with Gasteiger partial charge in [-0.05, 0) is 55.3 Å². The minimum atomic E-state index is -3.59. The normalized spacial score (nSPS) is 18.8. The van der Waals surface area contributed by atoms with Gasteiger partial charge in [0.05, 0.1) is 22.5 Å². The molecule has 3 aromatic rings. The molecule has 2 aromatic carbocycles. The number of ether oxygens (including phenoxy) is 1. The van der Waals surface area contributed by atoms with Gasteiger partial charge in [-0.2, -0.15) is 5.10 Å². The maximum Gasteiger partial charge on any atom is 0.181 e. The van der Waals surface area contributed by atoms with Gasteiger partial charge < -0.3 is 10.1 Å². The van der Waals surface area contributed by atoms with Gasteiger partial charge in [0.2, 0.25) is 0 Å². The lowest BCUT2D eigenvalue weighted by Crippen LogP contribution is -2.34. The number of aromatic amines is 1. The van der Waals surface area contributed by atoms with Crippen LogP contribution in [0.4, 0.5) is 0 Å². The summed E-state index contributed by atoms with van der Waals surface area (Å²) in [5.74, 6) is 0.584. The van der Waals surface area contributed by atoms with Crippen LogP contribution in [0, 0.1) is 5.92 Å². The van der Waals surface area contributed by atoms with Gasteiger partial charge in [-0.15, -0.1) is 0 Å². The molecule has 1 aliphatic heterocycles. The first-order valence-electron chi connectivity index (χ1n) is 9.94.